The zero-order valence-electron chi connectivity index (χ0n) is 14.3. The molecular formula is C18H35NO. The topological polar surface area (TPSA) is 21.3 Å². The fraction of sp³-hybridized carbons (Fsp3) is 1.00. The van der Waals surface area contributed by atoms with Crippen LogP contribution in [0.25, 0.3) is 0 Å². The van der Waals surface area contributed by atoms with Gasteiger partial charge in [0.15, 0.2) is 0 Å². The number of rotatable bonds is 4. The third-order valence-corrected chi connectivity index (χ3v) is 6.53. The molecule has 0 amide bonds. The number of morpholine rings is 1. The molecule has 1 N–H and O–H groups in total. The van der Waals surface area contributed by atoms with Gasteiger partial charge in [-0.2, -0.15) is 0 Å². The molecule has 20 heavy (non-hydrogen) atoms. The average molecular weight is 281 g/mol. The summed E-state index contributed by atoms with van der Waals surface area (Å²) in [6.07, 6.45) is 8.71. The van der Waals surface area contributed by atoms with Gasteiger partial charge in [0.05, 0.1) is 11.2 Å². The van der Waals surface area contributed by atoms with Crippen molar-refractivity contribution in [1.29, 1.82) is 0 Å². The Hall–Kier alpha value is -0.0800. The highest BCUT2D eigenvalue weighted by Crippen LogP contribution is 2.47. The molecule has 2 aliphatic rings. The Morgan fingerprint density at radius 3 is 2.15 bits per heavy atom. The van der Waals surface area contributed by atoms with Crippen LogP contribution in [0.15, 0.2) is 0 Å². The Kier molecular flexibility index (Phi) is 4.86. The second kappa shape index (κ2) is 5.96. The second-order valence-electron chi connectivity index (χ2n) is 7.90. The van der Waals surface area contributed by atoms with Gasteiger partial charge in [0.1, 0.15) is 0 Å². The molecule has 118 valence electrons. The lowest BCUT2D eigenvalue weighted by atomic mass is 9.66. The monoisotopic (exact) mass is 281 g/mol. The van der Waals surface area contributed by atoms with E-state index in [0.717, 1.165) is 31.8 Å². The maximum atomic E-state index is 6.73. The third kappa shape index (κ3) is 3.06. The quantitative estimate of drug-likeness (QED) is 0.817. The van der Waals surface area contributed by atoms with Crippen molar-refractivity contribution in [3.05, 3.63) is 0 Å². The minimum Gasteiger partial charge on any atom is -0.366 e. The van der Waals surface area contributed by atoms with Gasteiger partial charge in [-0.25, -0.2) is 0 Å². The summed E-state index contributed by atoms with van der Waals surface area (Å²) in [6.45, 7) is 13.9. The van der Waals surface area contributed by atoms with E-state index in [9.17, 15) is 0 Å². The highest BCUT2D eigenvalue weighted by atomic mass is 16.5. The Balaban J connectivity index is 2.01. The predicted molar refractivity (Wildman–Crippen MR) is 86.0 cm³/mol. The average Bonchev–Trinajstić information content (AvgIpc) is 2.47. The normalized spacial score (nSPS) is 34.4. The van der Waals surface area contributed by atoms with E-state index in [1.165, 1.54) is 32.1 Å². The summed E-state index contributed by atoms with van der Waals surface area (Å²) in [5, 5.41) is 3.68. The minimum absolute atomic E-state index is 0.0887. The van der Waals surface area contributed by atoms with Crippen LogP contribution in [-0.2, 0) is 4.74 Å². The molecule has 0 aromatic carbocycles. The third-order valence-electron chi connectivity index (χ3n) is 6.53. The first-order chi connectivity index (χ1) is 9.41. The summed E-state index contributed by atoms with van der Waals surface area (Å²) >= 11 is 0. The van der Waals surface area contributed by atoms with Crippen molar-refractivity contribution in [2.45, 2.75) is 90.8 Å². The van der Waals surface area contributed by atoms with E-state index >= 15 is 0 Å². The van der Waals surface area contributed by atoms with Gasteiger partial charge in [-0.1, -0.05) is 41.0 Å². The molecular weight excluding hydrogens is 246 g/mol. The van der Waals surface area contributed by atoms with Crippen LogP contribution in [0.2, 0.25) is 0 Å². The van der Waals surface area contributed by atoms with Crippen LogP contribution >= 0.6 is 0 Å². The SMILES string of the molecule is CCC1(CC)CNCC2(CCC(C(C)(C)CC)CC2)O1. The van der Waals surface area contributed by atoms with Crippen molar-refractivity contribution in [3.8, 4) is 0 Å². The molecule has 0 aromatic heterocycles. The maximum absolute atomic E-state index is 6.73. The lowest BCUT2D eigenvalue weighted by Crippen LogP contribution is -2.61. The van der Waals surface area contributed by atoms with Crippen LogP contribution in [0, 0.1) is 11.3 Å². The molecule has 1 spiro atoms. The number of hydrogen-bond donors (Lipinski definition) is 1. The van der Waals surface area contributed by atoms with Gasteiger partial charge in [0, 0.05) is 13.1 Å². The standard InChI is InChI=1S/C18H35NO/c1-6-16(4,5)15-9-11-18(12-10-15)14-19-13-17(7-2,8-3)20-18/h15,19H,6-14H2,1-5H3. The van der Waals surface area contributed by atoms with E-state index in [1.54, 1.807) is 0 Å². The van der Waals surface area contributed by atoms with Crippen molar-refractivity contribution in [2.75, 3.05) is 13.1 Å². The van der Waals surface area contributed by atoms with Crippen molar-refractivity contribution < 1.29 is 4.74 Å². The van der Waals surface area contributed by atoms with Crippen molar-refractivity contribution in [1.82, 2.24) is 5.32 Å². The number of ether oxygens (including phenoxy) is 1. The molecule has 2 rings (SSSR count). The van der Waals surface area contributed by atoms with E-state index < -0.39 is 0 Å². The number of hydrogen-bond acceptors (Lipinski definition) is 2. The largest absolute Gasteiger partial charge is 0.366 e. The smallest absolute Gasteiger partial charge is 0.0814 e. The molecule has 0 bridgehead atoms. The fourth-order valence-corrected chi connectivity index (χ4v) is 4.19. The van der Waals surface area contributed by atoms with Crippen LogP contribution in [0.5, 0.6) is 0 Å². The van der Waals surface area contributed by atoms with Crippen molar-refractivity contribution >= 4 is 0 Å². The Morgan fingerprint density at radius 1 is 1.05 bits per heavy atom. The van der Waals surface area contributed by atoms with Gasteiger partial charge in [0.2, 0.25) is 0 Å². The summed E-state index contributed by atoms with van der Waals surface area (Å²) in [5.41, 5.74) is 0.715. The van der Waals surface area contributed by atoms with Crippen LogP contribution < -0.4 is 5.32 Å². The lowest BCUT2D eigenvalue weighted by Gasteiger charge is -2.52. The molecule has 0 atom stereocenters. The first-order valence-electron chi connectivity index (χ1n) is 8.82. The van der Waals surface area contributed by atoms with Gasteiger partial charge >= 0.3 is 0 Å². The first kappa shape index (κ1) is 16.3. The Morgan fingerprint density at radius 2 is 1.65 bits per heavy atom. The van der Waals surface area contributed by atoms with Crippen molar-refractivity contribution in [2.24, 2.45) is 11.3 Å². The molecule has 2 nitrogen and oxygen atoms in total. The van der Waals surface area contributed by atoms with Gasteiger partial charge in [0.25, 0.3) is 0 Å². The highest BCUT2D eigenvalue weighted by molar-refractivity contribution is 4.99. The molecule has 1 heterocycles. The summed E-state index contributed by atoms with van der Waals surface area (Å²) in [5.74, 6) is 0.876. The number of nitrogens with one attached hydrogen (secondary N) is 1. The zero-order chi connectivity index (χ0) is 14.9. The molecule has 1 aliphatic heterocycles. The molecule has 0 radical (unpaired) electrons. The van der Waals surface area contributed by atoms with E-state index in [1.807, 2.05) is 0 Å². The highest BCUT2D eigenvalue weighted by Gasteiger charge is 2.47. The van der Waals surface area contributed by atoms with E-state index in [4.69, 9.17) is 4.74 Å². The molecule has 0 aromatic rings. The van der Waals surface area contributed by atoms with Gasteiger partial charge in [-0.3, -0.25) is 0 Å². The van der Waals surface area contributed by atoms with E-state index in [0.29, 0.717) is 5.41 Å². The summed E-state index contributed by atoms with van der Waals surface area (Å²) in [6, 6.07) is 0. The molecule has 1 saturated carbocycles. The fourth-order valence-electron chi connectivity index (χ4n) is 4.19. The van der Waals surface area contributed by atoms with Gasteiger partial charge in [-0.15, -0.1) is 0 Å². The minimum atomic E-state index is 0.0887. The van der Waals surface area contributed by atoms with Crippen LogP contribution in [0.1, 0.15) is 79.6 Å². The van der Waals surface area contributed by atoms with Gasteiger partial charge < -0.3 is 10.1 Å². The molecule has 2 fully saturated rings. The molecule has 1 aliphatic carbocycles. The molecule has 2 heteroatoms. The van der Waals surface area contributed by atoms with Crippen molar-refractivity contribution in [3.63, 3.8) is 0 Å². The predicted octanol–water partition coefficient (Wildman–Crippen LogP) is 4.53. The maximum Gasteiger partial charge on any atom is 0.0814 e. The summed E-state index contributed by atoms with van der Waals surface area (Å²) < 4.78 is 6.73. The van der Waals surface area contributed by atoms with Crippen LogP contribution in [0.3, 0.4) is 0 Å². The molecule has 0 unspecified atom stereocenters. The van der Waals surface area contributed by atoms with Crippen LogP contribution in [0.4, 0.5) is 0 Å². The van der Waals surface area contributed by atoms with Gasteiger partial charge in [-0.05, 0) is 49.9 Å². The van der Waals surface area contributed by atoms with E-state index in [2.05, 4.69) is 39.9 Å². The van der Waals surface area contributed by atoms with E-state index in [-0.39, 0.29) is 11.2 Å². The Labute approximate surface area is 126 Å². The summed E-state index contributed by atoms with van der Waals surface area (Å²) in [7, 11) is 0. The second-order valence-corrected chi connectivity index (χ2v) is 7.90. The molecule has 1 saturated heterocycles. The Bertz CT molecular complexity index is 311. The first-order valence-corrected chi connectivity index (χ1v) is 8.82. The lowest BCUT2D eigenvalue weighted by molar-refractivity contribution is -0.200. The van der Waals surface area contributed by atoms with Crippen LogP contribution in [-0.4, -0.2) is 24.3 Å². The summed E-state index contributed by atoms with van der Waals surface area (Å²) in [4.78, 5) is 0. The zero-order valence-corrected chi connectivity index (χ0v) is 14.3.